The van der Waals surface area contributed by atoms with Crippen molar-refractivity contribution in [3.63, 3.8) is 0 Å². The molecule has 0 radical (unpaired) electrons. The van der Waals surface area contributed by atoms with E-state index in [-0.39, 0.29) is 12.2 Å². The maximum absolute atomic E-state index is 11.9. The van der Waals surface area contributed by atoms with Crippen molar-refractivity contribution in [3.05, 3.63) is 24.0 Å². The number of rotatable bonds is 4. The lowest BCUT2D eigenvalue weighted by molar-refractivity contribution is -0.144. The molecule has 1 saturated carbocycles. The maximum atomic E-state index is 11.9. The van der Waals surface area contributed by atoms with Gasteiger partial charge in [-0.2, -0.15) is 0 Å². The molecule has 2 rings (SSSR count). The van der Waals surface area contributed by atoms with E-state index >= 15 is 0 Å². The summed E-state index contributed by atoms with van der Waals surface area (Å²) in [5, 5.41) is 0. The SMILES string of the molecule is O=C(OCC1(n2ccc(C(=O)C(Cl)(Cl)Cl)c2)CC1)C(Cl)(Cl)Cl. The number of alkyl halides is 6. The second-order valence-corrected chi connectivity index (χ2v) is 9.50. The van der Waals surface area contributed by atoms with Gasteiger partial charge in [0.05, 0.1) is 5.54 Å². The lowest BCUT2D eigenvalue weighted by atomic mass is 10.2. The molecule has 0 amide bonds. The molecule has 4 nitrogen and oxygen atoms in total. The van der Waals surface area contributed by atoms with Crippen LogP contribution in [0, 0.1) is 0 Å². The second-order valence-electron chi connectivity index (χ2n) is 4.93. The number of aromatic nitrogens is 1. The summed E-state index contributed by atoms with van der Waals surface area (Å²) >= 11 is 33.0. The summed E-state index contributed by atoms with van der Waals surface area (Å²) in [4.78, 5) is 23.4. The minimum absolute atomic E-state index is 0.0236. The van der Waals surface area contributed by atoms with Crippen molar-refractivity contribution in [2.24, 2.45) is 0 Å². The van der Waals surface area contributed by atoms with Gasteiger partial charge in [-0.25, -0.2) is 4.79 Å². The fraction of sp³-hybridized carbons (Fsp3) is 0.500. The Morgan fingerprint density at radius 1 is 1.14 bits per heavy atom. The molecule has 0 unspecified atom stereocenters. The molecule has 1 aliphatic carbocycles. The Kier molecular flexibility index (Phi) is 5.24. The molecular weight excluding hydrogens is 419 g/mol. The van der Waals surface area contributed by atoms with Crippen LogP contribution in [0.15, 0.2) is 18.5 Å². The number of esters is 1. The van der Waals surface area contributed by atoms with Gasteiger partial charge in [0, 0.05) is 18.0 Å². The Morgan fingerprint density at radius 3 is 2.18 bits per heavy atom. The highest BCUT2D eigenvalue weighted by molar-refractivity contribution is 6.77. The predicted molar refractivity (Wildman–Crippen MR) is 87.5 cm³/mol. The summed E-state index contributed by atoms with van der Waals surface area (Å²) in [6.45, 7) is 0.0236. The lowest BCUT2D eigenvalue weighted by Gasteiger charge is -2.19. The summed E-state index contributed by atoms with van der Waals surface area (Å²) in [6, 6.07) is 1.53. The molecule has 0 spiro atoms. The van der Waals surface area contributed by atoms with E-state index in [1.165, 1.54) is 6.07 Å². The van der Waals surface area contributed by atoms with Crippen LogP contribution in [0.3, 0.4) is 0 Å². The van der Waals surface area contributed by atoms with E-state index in [4.69, 9.17) is 74.3 Å². The van der Waals surface area contributed by atoms with Crippen LogP contribution in [-0.2, 0) is 15.1 Å². The summed E-state index contributed by atoms with van der Waals surface area (Å²) in [5.41, 5.74) is -0.212. The van der Waals surface area contributed by atoms with Crippen molar-refractivity contribution in [1.29, 1.82) is 0 Å². The number of carbonyl (C=O) groups is 2. The Bertz CT molecular complexity index is 597. The van der Waals surface area contributed by atoms with Crippen molar-refractivity contribution < 1.29 is 14.3 Å². The highest BCUT2D eigenvalue weighted by atomic mass is 35.6. The van der Waals surface area contributed by atoms with Crippen LogP contribution in [0.5, 0.6) is 0 Å². The van der Waals surface area contributed by atoms with Gasteiger partial charge in [-0.3, -0.25) is 4.79 Å². The zero-order chi connectivity index (χ0) is 16.8. The average molecular weight is 428 g/mol. The van der Waals surface area contributed by atoms with E-state index in [9.17, 15) is 9.59 Å². The van der Waals surface area contributed by atoms with Crippen molar-refractivity contribution in [2.45, 2.75) is 26.0 Å². The first-order chi connectivity index (χ1) is 9.96. The van der Waals surface area contributed by atoms with Crippen molar-refractivity contribution in [1.82, 2.24) is 4.57 Å². The molecule has 1 aliphatic rings. The quantitative estimate of drug-likeness (QED) is 0.405. The molecule has 0 aliphatic heterocycles. The van der Waals surface area contributed by atoms with Gasteiger partial charge in [-0.1, -0.05) is 69.6 Å². The number of halogens is 6. The Labute approximate surface area is 156 Å². The summed E-state index contributed by atoms with van der Waals surface area (Å²) < 4.78 is 2.60. The molecule has 122 valence electrons. The number of Topliss-reactive ketones (excluding diaryl/α,β-unsaturated/α-hetero) is 1. The van der Waals surface area contributed by atoms with Crippen molar-refractivity contribution in [3.8, 4) is 0 Å². The first-order valence-corrected chi connectivity index (χ1v) is 8.26. The molecular formula is C12H9Cl6NO3. The van der Waals surface area contributed by atoms with E-state index < -0.39 is 24.9 Å². The molecule has 0 bridgehead atoms. The molecule has 1 heterocycles. The van der Waals surface area contributed by atoms with Gasteiger partial charge < -0.3 is 9.30 Å². The van der Waals surface area contributed by atoms with Crippen molar-refractivity contribution in [2.75, 3.05) is 6.61 Å². The molecule has 10 heteroatoms. The van der Waals surface area contributed by atoms with Gasteiger partial charge >= 0.3 is 5.97 Å². The third-order valence-electron chi connectivity index (χ3n) is 3.29. The minimum atomic E-state index is -2.12. The number of ketones is 1. The van der Waals surface area contributed by atoms with Gasteiger partial charge in [0.25, 0.3) is 7.59 Å². The molecule has 0 saturated heterocycles. The van der Waals surface area contributed by atoms with E-state index in [1.807, 2.05) is 0 Å². The second kappa shape index (κ2) is 6.23. The fourth-order valence-corrected chi connectivity index (χ4v) is 2.38. The van der Waals surface area contributed by atoms with Gasteiger partial charge in [-0.05, 0) is 18.9 Å². The fourth-order valence-electron chi connectivity index (χ4n) is 1.89. The smallest absolute Gasteiger partial charge is 0.358 e. The monoisotopic (exact) mass is 425 g/mol. The standard InChI is InChI=1S/C12H9Cl6NO3/c13-11(14,15)8(20)7-1-4-19(5-7)10(2-3-10)6-22-9(21)12(16,17)18/h1,4-5H,2-3,6H2. The van der Waals surface area contributed by atoms with Crippen molar-refractivity contribution >= 4 is 81.4 Å². The normalized spacial score (nSPS) is 17.2. The van der Waals surface area contributed by atoms with Gasteiger partial charge in [0.2, 0.25) is 5.78 Å². The molecule has 1 aromatic rings. The Hall–Kier alpha value is 0.160. The zero-order valence-corrected chi connectivity index (χ0v) is 15.3. The highest BCUT2D eigenvalue weighted by Crippen LogP contribution is 2.45. The number of carbonyl (C=O) groups excluding carboxylic acids is 2. The minimum Gasteiger partial charge on any atom is -0.460 e. The summed E-state index contributed by atoms with van der Waals surface area (Å²) in [5.74, 6) is -1.58. The first-order valence-electron chi connectivity index (χ1n) is 6.00. The van der Waals surface area contributed by atoms with Gasteiger partial charge in [-0.15, -0.1) is 0 Å². The molecule has 1 aromatic heterocycles. The predicted octanol–water partition coefficient (Wildman–Crippen LogP) is 4.44. The lowest BCUT2D eigenvalue weighted by Crippen LogP contribution is -2.29. The van der Waals surface area contributed by atoms with Crippen LogP contribution in [0.2, 0.25) is 0 Å². The van der Waals surface area contributed by atoms with Gasteiger partial charge in [0.15, 0.2) is 0 Å². The van der Waals surface area contributed by atoms with Crippen LogP contribution in [0.1, 0.15) is 23.2 Å². The number of hydrogen-bond acceptors (Lipinski definition) is 3. The van der Waals surface area contributed by atoms with E-state index in [2.05, 4.69) is 0 Å². The maximum Gasteiger partial charge on any atom is 0.358 e. The van der Waals surface area contributed by atoms with Crippen LogP contribution in [0.4, 0.5) is 0 Å². The Balaban J connectivity index is 2.08. The Morgan fingerprint density at radius 2 is 1.73 bits per heavy atom. The van der Waals surface area contributed by atoms with Crippen LogP contribution >= 0.6 is 69.6 Å². The average Bonchev–Trinajstić information content (AvgIpc) is 3.01. The zero-order valence-electron chi connectivity index (χ0n) is 10.8. The number of ether oxygens (including phenoxy) is 1. The number of hydrogen-bond donors (Lipinski definition) is 0. The van der Waals surface area contributed by atoms with Crippen LogP contribution in [0.25, 0.3) is 0 Å². The third-order valence-corrected chi connectivity index (χ3v) is 4.27. The molecule has 22 heavy (non-hydrogen) atoms. The molecule has 0 N–H and O–H groups in total. The largest absolute Gasteiger partial charge is 0.460 e. The van der Waals surface area contributed by atoms with E-state index in [0.717, 1.165) is 12.8 Å². The third kappa shape index (κ3) is 4.16. The summed E-state index contributed by atoms with van der Waals surface area (Å²) in [6.07, 6.45) is 4.69. The molecule has 1 fully saturated rings. The van der Waals surface area contributed by atoms with E-state index in [0.29, 0.717) is 0 Å². The van der Waals surface area contributed by atoms with E-state index in [1.54, 1.807) is 17.0 Å². The highest BCUT2D eigenvalue weighted by Gasteiger charge is 2.47. The van der Waals surface area contributed by atoms with Gasteiger partial charge in [0.1, 0.15) is 6.61 Å². The van der Waals surface area contributed by atoms with Crippen LogP contribution < -0.4 is 0 Å². The molecule has 0 atom stereocenters. The number of nitrogens with zero attached hydrogens (tertiary/aromatic N) is 1. The topological polar surface area (TPSA) is 48.3 Å². The van der Waals surface area contributed by atoms with Crippen LogP contribution in [-0.4, -0.2) is 30.5 Å². The summed E-state index contributed by atoms with van der Waals surface area (Å²) in [7, 11) is 0. The molecule has 0 aromatic carbocycles. The first kappa shape index (κ1) is 18.5.